The second-order valence-electron chi connectivity index (χ2n) is 6.97. The molecule has 0 radical (unpaired) electrons. The maximum atomic E-state index is 12.9. The van der Waals surface area contributed by atoms with Gasteiger partial charge < -0.3 is 9.64 Å². The maximum absolute atomic E-state index is 12.9. The third-order valence-corrected chi connectivity index (χ3v) is 5.27. The molecule has 2 aromatic carbocycles. The lowest BCUT2D eigenvalue weighted by Gasteiger charge is -2.50. The van der Waals surface area contributed by atoms with Crippen molar-refractivity contribution in [2.24, 2.45) is 0 Å². The topological polar surface area (TPSA) is 49.9 Å². The standard InChI is InChI=1S/C21H22N2O3/c24-19-21(16-22(19)14-17-8-3-1-4-9-17)12-7-13-23(21)20(25)26-15-18-10-5-2-6-11-18/h1-6,8-11H,7,12-16H2/t21-/m0/s1. The molecule has 2 aliphatic rings. The van der Waals surface area contributed by atoms with Crippen LogP contribution >= 0.6 is 0 Å². The summed E-state index contributed by atoms with van der Waals surface area (Å²) in [7, 11) is 0. The highest BCUT2D eigenvalue weighted by Crippen LogP contribution is 2.40. The molecule has 0 saturated carbocycles. The molecule has 2 aromatic rings. The van der Waals surface area contributed by atoms with Gasteiger partial charge in [-0.15, -0.1) is 0 Å². The predicted octanol–water partition coefficient (Wildman–Crippen LogP) is 3.20. The van der Waals surface area contributed by atoms with Crippen LogP contribution in [0.1, 0.15) is 24.0 Å². The molecule has 1 atom stereocenters. The minimum atomic E-state index is -0.692. The van der Waals surface area contributed by atoms with E-state index >= 15 is 0 Å². The average molecular weight is 350 g/mol. The van der Waals surface area contributed by atoms with E-state index in [0.29, 0.717) is 19.6 Å². The van der Waals surface area contributed by atoms with Crippen molar-refractivity contribution in [3.05, 3.63) is 71.8 Å². The van der Waals surface area contributed by atoms with Crippen LogP contribution in [0.3, 0.4) is 0 Å². The van der Waals surface area contributed by atoms with Gasteiger partial charge in [0.05, 0.1) is 6.54 Å². The van der Waals surface area contributed by atoms with E-state index in [1.54, 1.807) is 4.90 Å². The van der Waals surface area contributed by atoms with Crippen LogP contribution in [0.4, 0.5) is 4.79 Å². The third-order valence-electron chi connectivity index (χ3n) is 5.27. The minimum absolute atomic E-state index is 0.0375. The number of β-lactam (4-membered cyclic amide) rings is 1. The zero-order chi connectivity index (χ0) is 18.0. The van der Waals surface area contributed by atoms with Crippen molar-refractivity contribution in [1.82, 2.24) is 9.80 Å². The van der Waals surface area contributed by atoms with Crippen LogP contribution in [0, 0.1) is 0 Å². The summed E-state index contributed by atoms with van der Waals surface area (Å²) in [6.45, 7) is 1.99. The van der Waals surface area contributed by atoms with Crippen molar-refractivity contribution >= 4 is 12.0 Å². The van der Waals surface area contributed by atoms with Crippen LogP contribution in [0.25, 0.3) is 0 Å². The summed E-state index contributed by atoms with van der Waals surface area (Å²) in [6.07, 6.45) is 1.17. The number of rotatable bonds is 4. The Morgan fingerprint density at radius 2 is 1.65 bits per heavy atom. The number of likely N-dealkylation sites (tertiary alicyclic amines) is 2. The first-order valence-electron chi connectivity index (χ1n) is 9.01. The molecule has 0 N–H and O–H groups in total. The predicted molar refractivity (Wildman–Crippen MR) is 97.2 cm³/mol. The van der Waals surface area contributed by atoms with Gasteiger partial charge in [-0.3, -0.25) is 9.69 Å². The summed E-state index contributed by atoms with van der Waals surface area (Å²) in [5.74, 6) is 0.0375. The maximum Gasteiger partial charge on any atom is 0.411 e. The van der Waals surface area contributed by atoms with Gasteiger partial charge in [0.1, 0.15) is 12.1 Å². The van der Waals surface area contributed by atoms with E-state index in [0.717, 1.165) is 24.0 Å². The van der Waals surface area contributed by atoms with Gasteiger partial charge in [-0.2, -0.15) is 0 Å². The van der Waals surface area contributed by atoms with Gasteiger partial charge in [-0.1, -0.05) is 60.7 Å². The molecule has 0 unspecified atom stereocenters. The second kappa shape index (κ2) is 6.83. The van der Waals surface area contributed by atoms with E-state index in [9.17, 15) is 9.59 Å². The van der Waals surface area contributed by atoms with E-state index in [1.807, 2.05) is 65.6 Å². The summed E-state index contributed by atoms with van der Waals surface area (Å²) in [4.78, 5) is 28.9. The summed E-state index contributed by atoms with van der Waals surface area (Å²) in [6, 6.07) is 19.5. The molecular weight excluding hydrogens is 328 g/mol. The van der Waals surface area contributed by atoms with Gasteiger partial charge in [0.25, 0.3) is 5.91 Å². The van der Waals surface area contributed by atoms with E-state index in [2.05, 4.69) is 0 Å². The Bertz CT molecular complexity index is 793. The highest BCUT2D eigenvalue weighted by atomic mass is 16.6. The van der Waals surface area contributed by atoms with E-state index in [1.165, 1.54) is 0 Å². The van der Waals surface area contributed by atoms with Crippen LogP contribution in [-0.4, -0.2) is 40.4 Å². The van der Waals surface area contributed by atoms with E-state index in [4.69, 9.17) is 4.74 Å². The van der Waals surface area contributed by atoms with Crippen LogP contribution < -0.4 is 0 Å². The molecule has 5 nitrogen and oxygen atoms in total. The van der Waals surface area contributed by atoms with Gasteiger partial charge in [0.2, 0.25) is 0 Å². The number of carbonyl (C=O) groups excluding carboxylic acids is 2. The Balaban J connectivity index is 1.39. The molecule has 0 aliphatic carbocycles. The number of amides is 2. The first-order valence-corrected chi connectivity index (χ1v) is 9.01. The van der Waals surface area contributed by atoms with Crippen LogP contribution in [0.15, 0.2) is 60.7 Å². The fraction of sp³-hybridized carbons (Fsp3) is 0.333. The third kappa shape index (κ3) is 2.94. The quantitative estimate of drug-likeness (QED) is 0.796. The lowest BCUT2D eigenvalue weighted by atomic mass is 9.85. The monoisotopic (exact) mass is 350 g/mol. The lowest BCUT2D eigenvalue weighted by molar-refractivity contribution is -0.160. The molecule has 0 bridgehead atoms. The number of benzene rings is 2. The number of hydrogen-bond acceptors (Lipinski definition) is 3. The summed E-state index contributed by atoms with van der Waals surface area (Å²) in [5, 5.41) is 0. The van der Waals surface area contributed by atoms with E-state index in [-0.39, 0.29) is 18.6 Å². The molecule has 2 aliphatic heterocycles. The number of ether oxygens (including phenoxy) is 1. The van der Waals surface area contributed by atoms with E-state index < -0.39 is 5.54 Å². The van der Waals surface area contributed by atoms with Crippen molar-refractivity contribution < 1.29 is 14.3 Å². The largest absolute Gasteiger partial charge is 0.445 e. The van der Waals surface area contributed by atoms with Crippen molar-refractivity contribution in [1.29, 1.82) is 0 Å². The number of hydrogen-bond donors (Lipinski definition) is 0. The van der Waals surface area contributed by atoms with Crippen molar-refractivity contribution in [3.63, 3.8) is 0 Å². The van der Waals surface area contributed by atoms with Crippen molar-refractivity contribution in [2.45, 2.75) is 31.5 Å². The van der Waals surface area contributed by atoms with Gasteiger partial charge in [0.15, 0.2) is 0 Å². The van der Waals surface area contributed by atoms with Gasteiger partial charge in [-0.05, 0) is 24.0 Å². The van der Waals surface area contributed by atoms with Gasteiger partial charge in [0, 0.05) is 13.1 Å². The van der Waals surface area contributed by atoms with Crippen LogP contribution in [-0.2, 0) is 22.7 Å². The molecule has 2 heterocycles. The smallest absolute Gasteiger partial charge is 0.411 e. The molecule has 26 heavy (non-hydrogen) atoms. The zero-order valence-corrected chi connectivity index (χ0v) is 14.6. The molecule has 5 heteroatoms. The lowest BCUT2D eigenvalue weighted by Crippen LogP contribution is -2.72. The first-order chi connectivity index (χ1) is 12.7. The highest BCUT2D eigenvalue weighted by molar-refractivity contribution is 5.96. The molecule has 1 spiro atoms. The molecule has 2 saturated heterocycles. The van der Waals surface area contributed by atoms with Crippen molar-refractivity contribution in [3.8, 4) is 0 Å². The Labute approximate surface area is 153 Å². The van der Waals surface area contributed by atoms with Crippen LogP contribution in [0.2, 0.25) is 0 Å². The Hall–Kier alpha value is -2.82. The Kier molecular flexibility index (Phi) is 4.37. The van der Waals surface area contributed by atoms with Crippen LogP contribution in [0.5, 0.6) is 0 Å². The molecule has 4 rings (SSSR count). The SMILES string of the molecule is O=C(OCc1ccccc1)N1CCC[C@@]12CN(Cc1ccccc1)C2=O. The first kappa shape index (κ1) is 16.6. The Morgan fingerprint density at radius 1 is 1.00 bits per heavy atom. The Morgan fingerprint density at radius 3 is 2.31 bits per heavy atom. The fourth-order valence-electron chi connectivity index (χ4n) is 3.92. The zero-order valence-electron chi connectivity index (χ0n) is 14.6. The molecule has 2 fully saturated rings. The highest BCUT2D eigenvalue weighted by Gasteiger charge is 2.59. The normalized spacial score (nSPS) is 21.8. The second-order valence-corrected chi connectivity index (χ2v) is 6.97. The fourth-order valence-corrected chi connectivity index (χ4v) is 3.92. The van der Waals surface area contributed by atoms with Gasteiger partial charge in [-0.25, -0.2) is 4.79 Å². The summed E-state index contributed by atoms with van der Waals surface area (Å²) >= 11 is 0. The molecule has 0 aromatic heterocycles. The summed E-state index contributed by atoms with van der Waals surface area (Å²) < 4.78 is 5.46. The summed E-state index contributed by atoms with van der Waals surface area (Å²) in [5.41, 5.74) is 1.36. The minimum Gasteiger partial charge on any atom is -0.445 e. The molecule has 134 valence electrons. The molecular formula is C21H22N2O3. The van der Waals surface area contributed by atoms with Crippen molar-refractivity contribution in [2.75, 3.05) is 13.1 Å². The number of carbonyl (C=O) groups is 2. The van der Waals surface area contributed by atoms with Gasteiger partial charge >= 0.3 is 6.09 Å². The number of nitrogens with zero attached hydrogens (tertiary/aromatic N) is 2. The average Bonchev–Trinajstić information content (AvgIpc) is 3.14. The molecule has 2 amide bonds.